The second kappa shape index (κ2) is 16.2. The Labute approximate surface area is 216 Å². The lowest BCUT2D eigenvalue weighted by Crippen LogP contribution is -2.46. The lowest BCUT2D eigenvalue weighted by molar-refractivity contribution is 0.00709. The monoisotopic (exact) mass is 494 g/mol. The summed E-state index contributed by atoms with van der Waals surface area (Å²) in [4.78, 5) is 15.6. The lowest BCUT2D eigenvalue weighted by Gasteiger charge is -2.43. The van der Waals surface area contributed by atoms with Crippen LogP contribution in [0.4, 0.5) is 9.18 Å². The van der Waals surface area contributed by atoms with Gasteiger partial charge in [-0.15, -0.1) is 0 Å². The van der Waals surface area contributed by atoms with Crippen molar-refractivity contribution in [3.8, 4) is 0 Å². The Balaban J connectivity index is 0.000000580. The van der Waals surface area contributed by atoms with Crippen molar-refractivity contribution in [1.82, 2.24) is 9.80 Å². The van der Waals surface area contributed by atoms with Crippen molar-refractivity contribution >= 4 is 6.09 Å². The van der Waals surface area contributed by atoms with Crippen LogP contribution in [0.25, 0.3) is 0 Å². The first-order chi connectivity index (χ1) is 16.4. The van der Waals surface area contributed by atoms with Crippen molar-refractivity contribution < 1.29 is 13.9 Å². The molecule has 2 aliphatic rings. The first-order valence-electron chi connectivity index (χ1n) is 13.8. The van der Waals surface area contributed by atoms with Gasteiger partial charge in [0.25, 0.3) is 0 Å². The molecular weight excluding hydrogens is 439 g/mol. The standard InChI is InChI=1S/C15H23N.C11H20FNO2.2C2H6/c1-13-9-10-16(12-15(13,2)3)11-14-7-5-4-6-8-14;1-8-5-6-13(7-9(8)12)10(14)15-11(2,3)4;2*1-2/h4-8,13H,9-12H2,1-3H3;8-9H,5-7H2,1-4H3;2*1-2H3. The third kappa shape index (κ3) is 12.8. The fourth-order valence-electron chi connectivity index (χ4n) is 4.07. The molecule has 3 rings (SSSR count). The third-order valence-corrected chi connectivity index (χ3v) is 6.61. The van der Waals surface area contributed by atoms with Crippen LogP contribution in [-0.2, 0) is 11.3 Å². The molecule has 2 saturated heterocycles. The zero-order valence-corrected chi connectivity index (χ0v) is 24.7. The predicted molar refractivity (Wildman–Crippen MR) is 148 cm³/mol. The summed E-state index contributed by atoms with van der Waals surface area (Å²) in [7, 11) is 0. The van der Waals surface area contributed by atoms with Crippen LogP contribution in [0.15, 0.2) is 30.3 Å². The van der Waals surface area contributed by atoms with E-state index in [1.54, 1.807) is 0 Å². The molecule has 0 saturated carbocycles. The minimum atomic E-state index is -0.925. The van der Waals surface area contributed by atoms with E-state index in [0.717, 1.165) is 12.5 Å². The first-order valence-corrected chi connectivity index (χ1v) is 13.8. The SMILES string of the molecule is CC.CC.CC1CCN(C(=O)OC(C)(C)C)CC1F.CC1CCN(Cc2ccccc2)CC1(C)C. The molecular formula is C30H55FN2O2. The van der Waals surface area contributed by atoms with Gasteiger partial charge in [-0.2, -0.15) is 0 Å². The molecule has 3 unspecified atom stereocenters. The van der Waals surface area contributed by atoms with Crippen molar-refractivity contribution in [3.05, 3.63) is 35.9 Å². The third-order valence-electron chi connectivity index (χ3n) is 6.61. The molecule has 0 spiro atoms. The molecule has 0 aromatic heterocycles. The van der Waals surface area contributed by atoms with Gasteiger partial charge in [0.05, 0.1) is 6.54 Å². The van der Waals surface area contributed by atoms with E-state index in [2.05, 4.69) is 56.0 Å². The van der Waals surface area contributed by atoms with Gasteiger partial charge in [0, 0.05) is 19.6 Å². The highest BCUT2D eigenvalue weighted by molar-refractivity contribution is 5.68. The Morgan fingerprint density at radius 1 is 1.03 bits per heavy atom. The van der Waals surface area contributed by atoms with E-state index >= 15 is 0 Å². The zero-order valence-electron chi connectivity index (χ0n) is 24.7. The summed E-state index contributed by atoms with van der Waals surface area (Å²) in [5.41, 5.74) is 1.40. The molecule has 0 bridgehead atoms. The van der Waals surface area contributed by atoms with Gasteiger partial charge >= 0.3 is 6.09 Å². The Bertz CT molecular complexity index is 687. The summed E-state index contributed by atoms with van der Waals surface area (Å²) in [5.74, 6) is 0.892. The van der Waals surface area contributed by atoms with Crippen molar-refractivity contribution in [2.45, 2.75) is 107 Å². The summed E-state index contributed by atoms with van der Waals surface area (Å²) in [6.07, 6.45) is 0.712. The number of ether oxygens (including phenoxy) is 1. The lowest BCUT2D eigenvalue weighted by atomic mass is 9.75. The molecule has 1 aromatic carbocycles. The number of hydrogen-bond donors (Lipinski definition) is 0. The molecule has 1 amide bonds. The number of halogens is 1. The summed E-state index contributed by atoms with van der Waals surface area (Å²) in [5, 5.41) is 0. The van der Waals surface area contributed by atoms with E-state index in [-0.39, 0.29) is 12.5 Å². The molecule has 2 heterocycles. The molecule has 2 aliphatic heterocycles. The van der Waals surface area contributed by atoms with Crippen molar-refractivity contribution in [2.24, 2.45) is 17.3 Å². The number of amides is 1. The number of piperidine rings is 2. The minimum absolute atomic E-state index is 0.0451. The second-order valence-electron chi connectivity index (χ2n) is 11.1. The van der Waals surface area contributed by atoms with Gasteiger partial charge in [0.1, 0.15) is 11.8 Å². The molecule has 5 heteroatoms. The second-order valence-corrected chi connectivity index (χ2v) is 11.1. The van der Waals surface area contributed by atoms with Gasteiger partial charge < -0.3 is 9.64 Å². The number of hydrogen-bond acceptors (Lipinski definition) is 3. The first kappa shape index (κ1) is 33.4. The van der Waals surface area contributed by atoms with Gasteiger partial charge in [-0.05, 0) is 63.0 Å². The molecule has 0 radical (unpaired) electrons. The maximum atomic E-state index is 13.4. The summed E-state index contributed by atoms with van der Waals surface area (Å²) in [6.45, 7) is 26.8. The average Bonchev–Trinajstić information content (AvgIpc) is 2.81. The van der Waals surface area contributed by atoms with Gasteiger partial charge in [-0.1, -0.05) is 85.7 Å². The number of benzene rings is 1. The Morgan fingerprint density at radius 2 is 1.60 bits per heavy atom. The largest absolute Gasteiger partial charge is 0.444 e. The Hall–Kier alpha value is -1.62. The van der Waals surface area contributed by atoms with Crippen molar-refractivity contribution in [2.75, 3.05) is 26.2 Å². The number of likely N-dealkylation sites (tertiary alicyclic amines) is 2. The summed E-state index contributed by atoms with van der Waals surface area (Å²) >= 11 is 0. The fraction of sp³-hybridized carbons (Fsp3) is 0.767. The van der Waals surface area contributed by atoms with Gasteiger partial charge in [-0.3, -0.25) is 4.90 Å². The van der Waals surface area contributed by atoms with Crippen LogP contribution in [0.2, 0.25) is 0 Å². The number of carbonyl (C=O) groups is 1. The van der Waals surface area contributed by atoms with Crippen molar-refractivity contribution in [1.29, 1.82) is 0 Å². The highest BCUT2D eigenvalue weighted by Gasteiger charge is 2.33. The molecule has 35 heavy (non-hydrogen) atoms. The highest BCUT2D eigenvalue weighted by atomic mass is 19.1. The normalized spacial score (nSPS) is 23.9. The molecule has 204 valence electrons. The summed E-state index contributed by atoms with van der Waals surface area (Å²) < 4.78 is 18.6. The van der Waals surface area contributed by atoms with Crippen molar-refractivity contribution in [3.63, 3.8) is 0 Å². The van der Waals surface area contributed by atoms with Crippen LogP contribution in [0, 0.1) is 17.3 Å². The smallest absolute Gasteiger partial charge is 0.410 e. The van der Waals surface area contributed by atoms with Crippen LogP contribution in [0.1, 0.15) is 94.6 Å². The van der Waals surface area contributed by atoms with Gasteiger partial charge in [0.15, 0.2) is 0 Å². The number of alkyl halides is 1. The Morgan fingerprint density at radius 3 is 2.09 bits per heavy atom. The van der Waals surface area contributed by atoms with Gasteiger partial charge in [-0.25, -0.2) is 9.18 Å². The molecule has 1 aromatic rings. The quantitative estimate of drug-likeness (QED) is 0.415. The van der Waals surface area contributed by atoms with E-state index in [1.165, 1.54) is 30.0 Å². The zero-order chi connectivity index (χ0) is 27.2. The van der Waals surface area contributed by atoms with E-state index < -0.39 is 17.9 Å². The minimum Gasteiger partial charge on any atom is -0.444 e. The summed E-state index contributed by atoms with van der Waals surface area (Å²) in [6, 6.07) is 10.8. The van der Waals surface area contributed by atoms with Crippen LogP contribution < -0.4 is 0 Å². The topological polar surface area (TPSA) is 32.8 Å². The maximum Gasteiger partial charge on any atom is 0.410 e. The fourth-order valence-corrected chi connectivity index (χ4v) is 4.07. The number of nitrogens with zero attached hydrogens (tertiary/aromatic N) is 2. The van der Waals surface area contributed by atoms with Crippen LogP contribution in [-0.4, -0.2) is 53.8 Å². The van der Waals surface area contributed by atoms with Crippen LogP contribution in [0.5, 0.6) is 0 Å². The predicted octanol–water partition coefficient (Wildman–Crippen LogP) is 8.21. The highest BCUT2D eigenvalue weighted by Crippen LogP contribution is 2.34. The Kier molecular flexibility index (Phi) is 15.4. The molecule has 4 nitrogen and oxygen atoms in total. The van der Waals surface area contributed by atoms with E-state index in [9.17, 15) is 9.18 Å². The molecule has 0 N–H and O–H groups in total. The maximum absolute atomic E-state index is 13.4. The number of carbonyl (C=O) groups excluding carboxylic acids is 1. The van der Waals surface area contributed by atoms with Gasteiger partial charge in [0.2, 0.25) is 0 Å². The molecule has 3 atom stereocenters. The molecule has 2 fully saturated rings. The molecule has 0 aliphatic carbocycles. The van der Waals surface area contributed by atoms with Crippen LogP contribution >= 0.6 is 0 Å². The number of rotatable bonds is 2. The van der Waals surface area contributed by atoms with E-state index in [4.69, 9.17) is 4.74 Å². The van der Waals surface area contributed by atoms with E-state index in [0.29, 0.717) is 18.4 Å². The van der Waals surface area contributed by atoms with E-state index in [1.807, 2.05) is 55.4 Å². The van der Waals surface area contributed by atoms with Crippen LogP contribution in [0.3, 0.4) is 0 Å². The average molecular weight is 495 g/mol.